The monoisotopic (exact) mass is 184 g/mol. The van der Waals surface area contributed by atoms with Crippen molar-refractivity contribution < 1.29 is 14.3 Å². The van der Waals surface area contributed by atoms with Gasteiger partial charge in [-0.05, 0) is 13.3 Å². The fraction of sp³-hybridized carbons (Fsp3) is 0.500. The quantitative estimate of drug-likeness (QED) is 0.448. The number of amides is 2. The zero-order chi connectivity index (χ0) is 9.84. The first kappa shape index (κ1) is 9.57. The molecule has 0 radical (unpaired) electrons. The molecule has 2 N–H and O–H groups in total. The van der Waals surface area contributed by atoms with Crippen LogP contribution in [0.2, 0.25) is 0 Å². The van der Waals surface area contributed by atoms with E-state index in [1.165, 1.54) is 4.90 Å². The Morgan fingerprint density at radius 3 is 2.85 bits per heavy atom. The summed E-state index contributed by atoms with van der Waals surface area (Å²) < 4.78 is 4.24. The molecule has 0 atom stereocenters. The second-order valence-corrected chi connectivity index (χ2v) is 2.95. The van der Waals surface area contributed by atoms with E-state index < -0.39 is 12.2 Å². The van der Waals surface area contributed by atoms with E-state index in [-0.39, 0.29) is 0 Å². The number of nitrogens with zero attached hydrogens (tertiary/aromatic N) is 1. The van der Waals surface area contributed by atoms with Gasteiger partial charge in [0.25, 0.3) is 0 Å². The summed E-state index contributed by atoms with van der Waals surface area (Å²) in [5.74, 6) is 0. The van der Waals surface area contributed by atoms with Gasteiger partial charge in [0.2, 0.25) is 0 Å². The molecular weight excluding hydrogens is 172 g/mol. The molecule has 1 aliphatic heterocycles. The number of nitrogens with two attached hydrogens (primary N) is 1. The van der Waals surface area contributed by atoms with Crippen molar-refractivity contribution in [1.29, 1.82) is 0 Å². The summed E-state index contributed by atoms with van der Waals surface area (Å²) in [4.78, 5) is 22.8. The van der Waals surface area contributed by atoms with Crippen LogP contribution in [0.5, 0.6) is 0 Å². The third-order valence-corrected chi connectivity index (χ3v) is 1.78. The summed E-state index contributed by atoms with van der Waals surface area (Å²) in [7, 11) is 0. The lowest BCUT2D eigenvalue weighted by Crippen LogP contribution is -2.37. The number of carbonyl (C=O) groups excluding carboxylic acids is 2. The molecule has 0 spiro atoms. The fourth-order valence-electron chi connectivity index (χ4n) is 1.22. The molecule has 0 aromatic carbocycles. The normalized spacial score (nSPS) is 16.4. The lowest BCUT2D eigenvalue weighted by molar-refractivity contribution is 0.124. The Bertz CT molecular complexity index is 260. The number of carbonyl (C=O) groups is 2. The highest BCUT2D eigenvalue weighted by Crippen LogP contribution is 2.09. The van der Waals surface area contributed by atoms with E-state index >= 15 is 0 Å². The van der Waals surface area contributed by atoms with E-state index in [0.29, 0.717) is 13.1 Å². The van der Waals surface area contributed by atoms with Gasteiger partial charge >= 0.3 is 12.2 Å². The minimum Gasteiger partial charge on any atom is -0.359 e. The van der Waals surface area contributed by atoms with Gasteiger partial charge in [-0.2, -0.15) is 0 Å². The predicted molar refractivity (Wildman–Crippen MR) is 46.0 cm³/mol. The first-order valence-corrected chi connectivity index (χ1v) is 4.01. The van der Waals surface area contributed by atoms with Crippen molar-refractivity contribution in [3.8, 4) is 0 Å². The van der Waals surface area contributed by atoms with Crippen molar-refractivity contribution in [1.82, 2.24) is 4.90 Å². The highest BCUT2D eigenvalue weighted by Gasteiger charge is 2.19. The van der Waals surface area contributed by atoms with Crippen LogP contribution < -0.4 is 5.73 Å². The largest absolute Gasteiger partial charge is 0.419 e. The summed E-state index contributed by atoms with van der Waals surface area (Å²) in [5.41, 5.74) is 5.80. The Hall–Kier alpha value is -1.52. The summed E-state index contributed by atoms with van der Waals surface area (Å²) in [5, 5.41) is 0. The van der Waals surface area contributed by atoms with Gasteiger partial charge in [0.1, 0.15) is 0 Å². The molecule has 5 heteroatoms. The Balaban J connectivity index is 2.49. The van der Waals surface area contributed by atoms with E-state index in [1.54, 1.807) is 0 Å². The first-order chi connectivity index (χ1) is 6.09. The Labute approximate surface area is 76.1 Å². The molecule has 0 fully saturated rings. The minimum atomic E-state index is -1.06. The number of hydrogen-bond donors (Lipinski definition) is 1. The molecule has 1 rings (SSSR count). The molecule has 1 aliphatic rings. The average Bonchev–Trinajstić information content (AvgIpc) is 2.03. The smallest absolute Gasteiger partial charge is 0.359 e. The van der Waals surface area contributed by atoms with Gasteiger partial charge in [0.05, 0.1) is 0 Å². The van der Waals surface area contributed by atoms with Crippen LogP contribution in [-0.4, -0.2) is 30.2 Å². The zero-order valence-corrected chi connectivity index (χ0v) is 7.45. The Kier molecular flexibility index (Phi) is 2.89. The van der Waals surface area contributed by atoms with Crippen LogP contribution in [0.15, 0.2) is 11.6 Å². The number of rotatable bonds is 0. The molecule has 0 aromatic heterocycles. The van der Waals surface area contributed by atoms with Gasteiger partial charge in [0.15, 0.2) is 0 Å². The molecule has 72 valence electrons. The maximum Gasteiger partial charge on any atom is 0.419 e. The topological polar surface area (TPSA) is 72.6 Å². The fourth-order valence-corrected chi connectivity index (χ4v) is 1.22. The Morgan fingerprint density at radius 1 is 1.62 bits per heavy atom. The van der Waals surface area contributed by atoms with E-state index in [9.17, 15) is 9.59 Å². The van der Waals surface area contributed by atoms with Crippen LogP contribution in [0.1, 0.15) is 13.3 Å². The van der Waals surface area contributed by atoms with Gasteiger partial charge in [-0.15, -0.1) is 0 Å². The highest BCUT2D eigenvalue weighted by atomic mass is 16.6. The number of hydrogen-bond acceptors (Lipinski definition) is 3. The minimum absolute atomic E-state index is 0.506. The van der Waals surface area contributed by atoms with E-state index in [2.05, 4.69) is 4.74 Å². The van der Waals surface area contributed by atoms with Crippen molar-refractivity contribution in [3.05, 3.63) is 11.6 Å². The Morgan fingerprint density at radius 2 is 2.31 bits per heavy atom. The zero-order valence-electron chi connectivity index (χ0n) is 7.45. The van der Waals surface area contributed by atoms with Gasteiger partial charge in [-0.3, -0.25) is 0 Å². The molecule has 0 saturated heterocycles. The lowest BCUT2D eigenvalue weighted by atomic mass is 10.1. The van der Waals surface area contributed by atoms with Crippen molar-refractivity contribution in [3.63, 3.8) is 0 Å². The summed E-state index contributed by atoms with van der Waals surface area (Å²) in [6.07, 6.45) is 1.12. The standard InChI is InChI=1S/C8H12N2O3/c1-6-3-2-4-10(5-6)8(12)13-7(9)11/h3H,2,4-5H2,1H3,(H2,9,11). The molecule has 2 amide bonds. The van der Waals surface area contributed by atoms with Gasteiger partial charge in [-0.25, -0.2) is 9.59 Å². The second kappa shape index (κ2) is 3.93. The number of ether oxygens (including phenoxy) is 1. The molecular formula is C8H12N2O3. The van der Waals surface area contributed by atoms with Gasteiger partial charge in [-0.1, -0.05) is 11.6 Å². The predicted octanol–water partition coefficient (Wildman–Crippen LogP) is 0.854. The maximum atomic E-state index is 11.1. The molecule has 0 unspecified atom stereocenters. The van der Waals surface area contributed by atoms with Gasteiger partial charge in [0, 0.05) is 13.1 Å². The summed E-state index contributed by atoms with van der Waals surface area (Å²) in [6, 6.07) is 0. The van der Waals surface area contributed by atoms with Crippen LogP contribution in [0, 0.1) is 0 Å². The SMILES string of the molecule is CC1=CCCN(C(=O)OC(N)=O)C1. The van der Waals surface area contributed by atoms with Crippen LogP contribution in [0.4, 0.5) is 9.59 Å². The summed E-state index contributed by atoms with van der Waals surface area (Å²) in [6.45, 7) is 3.00. The highest BCUT2D eigenvalue weighted by molar-refractivity contribution is 5.82. The molecule has 0 aromatic rings. The third kappa shape index (κ3) is 2.77. The summed E-state index contributed by atoms with van der Waals surface area (Å²) >= 11 is 0. The van der Waals surface area contributed by atoms with Crippen molar-refractivity contribution in [2.75, 3.05) is 13.1 Å². The van der Waals surface area contributed by atoms with Crippen LogP contribution in [0.25, 0.3) is 0 Å². The molecule has 0 saturated carbocycles. The molecule has 13 heavy (non-hydrogen) atoms. The molecule has 1 heterocycles. The van der Waals surface area contributed by atoms with Crippen LogP contribution in [0.3, 0.4) is 0 Å². The van der Waals surface area contributed by atoms with Crippen molar-refractivity contribution in [2.45, 2.75) is 13.3 Å². The second-order valence-electron chi connectivity index (χ2n) is 2.95. The first-order valence-electron chi connectivity index (χ1n) is 4.01. The maximum absolute atomic E-state index is 11.1. The van der Waals surface area contributed by atoms with Crippen LogP contribution >= 0.6 is 0 Å². The third-order valence-electron chi connectivity index (χ3n) is 1.78. The molecule has 0 bridgehead atoms. The van der Waals surface area contributed by atoms with E-state index in [4.69, 9.17) is 5.73 Å². The van der Waals surface area contributed by atoms with E-state index in [1.807, 2.05) is 13.0 Å². The van der Waals surface area contributed by atoms with Gasteiger partial charge < -0.3 is 15.4 Å². The number of primary amides is 1. The van der Waals surface area contributed by atoms with E-state index in [0.717, 1.165) is 12.0 Å². The van der Waals surface area contributed by atoms with Crippen molar-refractivity contribution in [2.24, 2.45) is 5.73 Å². The van der Waals surface area contributed by atoms with Crippen molar-refractivity contribution >= 4 is 12.2 Å². The molecule has 0 aliphatic carbocycles. The van der Waals surface area contributed by atoms with Crippen LogP contribution in [-0.2, 0) is 4.74 Å². The lowest BCUT2D eigenvalue weighted by Gasteiger charge is -2.24. The molecule has 5 nitrogen and oxygen atoms in total. The average molecular weight is 184 g/mol.